The molecule has 43 heavy (non-hydrogen) atoms. The standard InChI is InChI=1S/C39H56O4/c1-24(2)27-15-18-36(5)21-22-38(7)28(33(27)36)23-29(43-32(42)14-11-25-9-12-26(40)13-10-25)34-37(6)19-17-31(41)35(3,4)30(37)16-20-39(34,38)8/h9-14,27-31,33-34,40-41H,1,15-23H2,2-8H3/b14-11+/t27-,28+,29?,30-,31?,33+,34+,36+,37-,38+,39+/m0/s1. The fraction of sp³-hybridized carbons (Fsp3) is 0.718. The van der Waals surface area contributed by atoms with E-state index < -0.39 is 0 Å². The van der Waals surface area contributed by atoms with Crippen LogP contribution in [0.15, 0.2) is 42.5 Å². The zero-order valence-electron chi connectivity index (χ0n) is 27.8. The number of rotatable bonds is 4. The van der Waals surface area contributed by atoms with E-state index in [1.54, 1.807) is 24.3 Å². The summed E-state index contributed by atoms with van der Waals surface area (Å²) in [7, 11) is 0. The Morgan fingerprint density at radius 1 is 0.930 bits per heavy atom. The second-order valence-corrected chi connectivity index (χ2v) is 17.2. The van der Waals surface area contributed by atoms with E-state index in [0.717, 1.165) is 37.7 Å². The predicted octanol–water partition coefficient (Wildman–Crippen LogP) is 8.97. The number of hydrogen-bond donors (Lipinski definition) is 2. The molecule has 236 valence electrons. The van der Waals surface area contributed by atoms with E-state index >= 15 is 0 Å². The number of esters is 1. The highest BCUT2D eigenvalue weighted by atomic mass is 16.5. The zero-order valence-corrected chi connectivity index (χ0v) is 27.8. The van der Waals surface area contributed by atoms with Gasteiger partial charge in [0.25, 0.3) is 0 Å². The fourth-order valence-electron chi connectivity index (χ4n) is 12.6. The lowest BCUT2D eigenvalue weighted by molar-refractivity contribution is -0.278. The van der Waals surface area contributed by atoms with Crippen LogP contribution in [0, 0.1) is 56.7 Å². The first kappa shape index (κ1) is 30.9. The van der Waals surface area contributed by atoms with E-state index in [1.165, 1.54) is 31.3 Å². The Kier molecular flexibility index (Phi) is 7.36. The molecule has 0 aliphatic heterocycles. The third kappa shape index (κ3) is 4.50. The molecule has 0 saturated heterocycles. The average molecular weight is 589 g/mol. The number of aliphatic hydroxyl groups is 1. The molecule has 4 heteroatoms. The minimum atomic E-state index is -0.290. The van der Waals surface area contributed by atoms with Gasteiger partial charge in [0.2, 0.25) is 0 Å². The highest BCUT2D eigenvalue weighted by Crippen LogP contribution is 2.77. The van der Waals surface area contributed by atoms with Crippen LogP contribution in [-0.2, 0) is 9.53 Å². The van der Waals surface area contributed by atoms with Gasteiger partial charge in [-0.05, 0) is 139 Å². The molecule has 5 saturated carbocycles. The molecule has 1 aromatic carbocycles. The van der Waals surface area contributed by atoms with E-state index in [2.05, 4.69) is 55.0 Å². The number of ether oxygens (including phenoxy) is 1. The Bertz CT molecular complexity index is 1290. The summed E-state index contributed by atoms with van der Waals surface area (Å²) in [4.78, 5) is 13.7. The maximum Gasteiger partial charge on any atom is 0.331 e. The second-order valence-electron chi connectivity index (χ2n) is 17.2. The van der Waals surface area contributed by atoms with Crippen molar-refractivity contribution in [2.75, 3.05) is 0 Å². The summed E-state index contributed by atoms with van der Waals surface area (Å²) in [6.45, 7) is 21.5. The molecule has 0 heterocycles. The van der Waals surface area contributed by atoms with Crippen molar-refractivity contribution < 1.29 is 19.7 Å². The van der Waals surface area contributed by atoms with Crippen molar-refractivity contribution in [2.45, 2.75) is 118 Å². The molecule has 2 unspecified atom stereocenters. The van der Waals surface area contributed by atoms with Crippen molar-refractivity contribution in [1.29, 1.82) is 0 Å². The van der Waals surface area contributed by atoms with Crippen molar-refractivity contribution in [3.05, 3.63) is 48.1 Å². The van der Waals surface area contributed by atoms with Gasteiger partial charge < -0.3 is 14.9 Å². The Hall–Kier alpha value is -2.07. The molecule has 5 aliphatic carbocycles. The number of aliphatic hydroxyl groups excluding tert-OH is 1. The number of benzene rings is 1. The maximum absolute atomic E-state index is 13.7. The summed E-state index contributed by atoms with van der Waals surface area (Å²) in [5.41, 5.74) is 2.53. The molecular formula is C39H56O4. The van der Waals surface area contributed by atoms with Gasteiger partial charge in [0.15, 0.2) is 0 Å². The van der Waals surface area contributed by atoms with Crippen LogP contribution in [0.4, 0.5) is 0 Å². The number of fused-ring (bicyclic) bond motifs is 7. The number of carbonyl (C=O) groups is 1. The molecule has 6 rings (SSSR count). The Labute approximate surface area is 260 Å². The summed E-state index contributed by atoms with van der Waals surface area (Å²) in [5.74, 6) is 2.17. The van der Waals surface area contributed by atoms with E-state index in [1.807, 2.05) is 12.1 Å². The third-order valence-electron chi connectivity index (χ3n) is 15.0. The number of phenolic OH excluding ortho intramolecular Hbond substituents is 1. The molecule has 0 aromatic heterocycles. The SMILES string of the molecule is C=C(C)[C@@H]1CC[C@]2(C)CC[C@]3(C)[C@H](CC(OC(=O)/C=C/c4ccc(O)cc4)[C@@H]4[C@@]5(C)CCC(O)C(C)(C)[C@@H]5CC[C@]43C)[C@@H]12. The van der Waals surface area contributed by atoms with Crippen LogP contribution in [0.2, 0.25) is 0 Å². The summed E-state index contributed by atoms with van der Waals surface area (Å²) in [6, 6.07) is 6.90. The van der Waals surface area contributed by atoms with Crippen LogP contribution in [0.1, 0.15) is 112 Å². The Balaban J connectivity index is 1.42. The molecule has 0 radical (unpaired) electrons. The lowest BCUT2D eigenvalue weighted by Crippen LogP contribution is -2.70. The second kappa shape index (κ2) is 10.2. The lowest BCUT2D eigenvalue weighted by Gasteiger charge is -2.73. The monoisotopic (exact) mass is 588 g/mol. The number of allylic oxidation sites excluding steroid dienone is 1. The first-order chi connectivity index (χ1) is 20.1. The zero-order chi connectivity index (χ0) is 31.2. The Morgan fingerprint density at radius 2 is 1.63 bits per heavy atom. The van der Waals surface area contributed by atoms with E-state index in [9.17, 15) is 15.0 Å². The molecule has 11 atom stereocenters. The first-order valence-corrected chi connectivity index (χ1v) is 17.1. The topological polar surface area (TPSA) is 66.8 Å². The van der Waals surface area contributed by atoms with Gasteiger partial charge in [-0.3, -0.25) is 0 Å². The number of carbonyl (C=O) groups excluding carboxylic acids is 1. The van der Waals surface area contributed by atoms with Crippen LogP contribution in [0.5, 0.6) is 5.75 Å². The molecule has 5 fully saturated rings. The van der Waals surface area contributed by atoms with Crippen LogP contribution < -0.4 is 0 Å². The van der Waals surface area contributed by atoms with Crippen LogP contribution >= 0.6 is 0 Å². The highest BCUT2D eigenvalue weighted by molar-refractivity contribution is 5.87. The van der Waals surface area contributed by atoms with Crippen molar-refractivity contribution in [3.8, 4) is 5.75 Å². The van der Waals surface area contributed by atoms with Gasteiger partial charge >= 0.3 is 5.97 Å². The third-order valence-corrected chi connectivity index (χ3v) is 15.0. The van der Waals surface area contributed by atoms with E-state index in [0.29, 0.717) is 29.1 Å². The Morgan fingerprint density at radius 3 is 2.30 bits per heavy atom. The van der Waals surface area contributed by atoms with Gasteiger partial charge in [0, 0.05) is 12.0 Å². The summed E-state index contributed by atoms with van der Waals surface area (Å²) in [6.07, 6.45) is 12.9. The summed E-state index contributed by atoms with van der Waals surface area (Å²) in [5, 5.41) is 20.9. The van der Waals surface area contributed by atoms with Gasteiger partial charge in [0.05, 0.1) is 6.10 Å². The van der Waals surface area contributed by atoms with Gasteiger partial charge in [-0.2, -0.15) is 0 Å². The van der Waals surface area contributed by atoms with E-state index in [4.69, 9.17) is 4.74 Å². The van der Waals surface area contributed by atoms with E-state index in [-0.39, 0.29) is 51.5 Å². The molecule has 2 N–H and O–H groups in total. The quantitative estimate of drug-likeness (QED) is 0.209. The molecule has 4 nitrogen and oxygen atoms in total. The molecule has 5 aliphatic rings. The average Bonchev–Trinajstić information content (AvgIpc) is 3.29. The minimum absolute atomic E-state index is 0.0144. The number of aromatic hydroxyl groups is 1. The van der Waals surface area contributed by atoms with Crippen molar-refractivity contribution in [1.82, 2.24) is 0 Å². The van der Waals surface area contributed by atoms with Gasteiger partial charge in [-0.15, -0.1) is 0 Å². The number of phenols is 1. The predicted molar refractivity (Wildman–Crippen MR) is 173 cm³/mol. The maximum atomic E-state index is 13.7. The van der Waals surface area contributed by atoms with Crippen molar-refractivity contribution in [3.63, 3.8) is 0 Å². The van der Waals surface area contributed by atoms with Crippen molar-refractivity contribution >= 4 is 12.0 Å². The van der Waals surface area contributed by atoms with Gasteiger partial charge in [-0.1, -0.05) is 65.8 Å². The van der Waals surface area contributed by atoms with Crippen LogP contribution in [0.25, 0.3) is 6.08 Å². The van der Waals surface area contributed by atoms with Crippen LogP contribution in [-0.4, -0.2) is 28.4 Å². The number of hydrogen-bond acceptors (Lipinski definition) is 4. The van der Waals surface area contributed by atoms with Crippen molar-refractivity contribution in [2.24, 2.45) is 56.7 Å². The largest absolute Gasteiger partial charge is 0.508 e. The molecule has 1 aromatic rings. The molecule has 0 spiro atoms. The molecular weight excluding hydrogens is 532 g/mol. The molecule has 0 bridgehead atoms. The van der Waals surface area contributed by atoms with Gasteiger partial charge in [0.1, 0.15) is 11.9 Å². The summed E-state index contributed by atoms with van der Waals surface area (Å²) < 4.78 is 6.69. The fourth-order valence-corrected chi connectivity index (χ4v) is 12.6. The normalized spacial score (nSPS) is 46.7. The van der Waals surface area contributed by atoms with Crippen LogP contribution in [0.3, 0.4) is 0 Å². The minimum Gasteiger partial charge on any atom is -0.508 e. The lowest BCUT2D eigenvalue weighted by atomic mass is 9.31. The smallest absolute Gasteiger partial charge is 0.331 e. The molecule has 0 amide bonds. The van der Waals surface area contributed by atoms with Gasteiger partial charge in [-0.25, -0.2) is 4.79 Å². The first-order valence-electron chi connectivity index (χ1n) is 17.1. The highest BCUT2D eigenvalue weighted by Gasteiger charge is 2.73. The summed E-state index contributed by atoms with van der Waals surface area (Å²) >= 11 is 0.